The summed E-state index contributed by atoms with van der Waals surface area (Å²) >= 11 is 0. The van der Waals surface area contributed by atoms with Gasteiger partial charge in [-0.25, -0.2) is 4.79 Å². The van der Waals surface area contributed by atoms with E-state index in [1.807, 2.05) is 0 Å². The van der Waals surface area contributed by atoms with Crippen LogP contribution in [-0.4, -0.2) is 36.4 Å². The van der Waals surface area contributed by atoms with Crippen LogP contribution in [0.25, 0.3) is 0 Å². The standard InChI is InChI=1S/C11H15NO5/c1-4-17-11(16)9-6(2)12(3)10(15)7(9)5-8(13)14/h7H,4-5H2,1-3H3,(H,13,14)/p-1/t7-/m1/s1. The summed E-state index contributed by atoms with van der Waals surface area (Å²) in [6.07, 6.45) is -0.505. The Labute approximate surface area is 98.8 Å². The molecule has 1 heterocycles. The van der Waals surface area contributed by atoms with Crippen molar-refractivity contribution < 1.29 is 24.2 Å². The first-order valence-electron chi connectivity index (χ1n) is 5.25. The third-order valence-electron chi connectivity index (χ3n) is 2.74. The Hall–Kier alpha value is -1.85. The van der Waals surface area contributed by atoms with Crippen molar-refractivity contribution in [1.82, 2.24) is 4.90 Å². The second kappa shape index (κ2) is 4.99. The summed E-state index contributed by atoms with van der Waals surface area (Å²) in [6.45, 7) is 3.40. The van der Waals surface area contributed by atoms with E-state index in [-0.39, 0.29) is 12.2 Å². The van der Waals surface area contributed by atoms with Gasteiger partial charge in [-0.1, -0.05) is 0 Å². The van der Waals surface area contributed by atoms with Gasteiger partial charge in [0.25, 0.3) is 0 Å². The molecule has 1 aliphatic rings. The Morgan fingerprint density at radius 2 is 2.06 bits per heavy atom. The molecule has 1 rings (SSSR count). The fourth-order valence-electron chi connectivity index (χ4n) is 1.81. The Morgan fingerprint density at radius 1 is 1.47 bits per heavy atom. The van der Waals surface area contributed by atoms with E-state index in [1.54, 1.807) is 13.8 Å². The lowest BCUT2D eigenvalue weighted by Gasteiger charge is -2.13. The van der Waals surface area contributed by atoms with Gasteiger partial charge < -0.3 is 19.5 Å². The van der Waals surface area contributed by atoms with Crippen LogP contribution in [0.15, 0.2) is 11.3 Å². The van der Waals surface area contributed by atoms with Gasteiger partial charge in [0.1, 0.15) is 0 Å². The van der Waals surface area contributed by atoms with Gasteiger partial charge in [-0.15, -0.1) is 0 Å². The van der Waals surface area contributed by atoms with Crippen LogP contribution >= 0.6 is 0 Å². The number of carboxylic acid groups (broad SMARTS) is 1. The van der Waals surface area contributed by atoms with E-state index in [0.717, 1.165) is 0 Å². The van der Waals surface area contributed by atoms with E-state index < -0.39 is 30.2 Å². The van der Waals surface area contributed by atoms with Crippen molar-refractivity contribution in [3.8, 4) is 0 Å². The summed E-state index contributed by atoms with van der Waals surface area (Å²) < 4.78 is 4.82. The number of carbonyl (C=O) groups excluding carboxylic acids is 3. The van der Waals surface area contributed by atoms with Gasteiger partial charge in [-0.3, -0.25) is 4.79 Å². The van der Waals surface area contributed by atoms with E-state index in [1.165, 1.54) is 11.9 Å². The van der Waals surface area contributed by atoms with Gasteiger partial charge >= 0.3 is 5.97 Å². The molecule has 0 aromatic heterocycles. The van der Waals surface area contributed by atoms with Gasteiger partial charge in [0.2, 0.25) is 5.91 Å². The molecular formula is C11H14NO5-. The monoisotopic (exact) mass is 240 g/mol. The molecule has 0 radical (unpaired) electrons. The summed E-state index contributed by atoms with van der Waals surface area (Å²) in [4.78, 5) is 35.3. The number of hydrogen-bond donors (Lipinski definition) is 0. The number of aliphatic carboxylic acids is 1. The quantitative estimate of drug-likeness (QED) is 0.591. The van der Waals surface area contributed by atoms with Gasteiger partial charge in [-0.05, 0) is 13.8 Å². The molecule has 0 saturated heterocycles. The van der Waals surface area contributed by atoms with Crippen molar-refractivity contribution >= 4 is 17.8 Å². The molecule has 0 fully saturated rings. The second-order valence-corrected chi connectivity index (χ2v) is 3.75. The first kappa shape index (κ1) is 13.2. The number of carboxylic acids is 1. The van der Waals surface area contributed by atoms with Crippen molar-refractivity contribution in [2.75, 3.05) is 13.7 Å². The maximum atomic E-state index is 11.8. The molecule has 94 valence electrons. The number of amides is 1. The molecule has 0 aliphatic carbocycles. The van der Waals surface area contributed by atoms with Crippen molar-refractivity contribution in [1.29, 1.82) is 0 Å². The third kappa shape index (κ3) is 2.46. The first-order valence-corrected chi connectivity index (χ1v) is 5.25. The zero-order chi connectivity index (χ0) is 13.2. The van der Waals surface area contributed by atoms with Crippen molar-refractivity contribution in [3.63, 3.8) is 0 Å². The number of rotatable bonds is 4. The minimum Gasteiger partial charge on any atom is -0.550 e. The van der Waals surface area contributed by atoms with Crippen LogP contribution in [0.2, 0.25) is 0 Å². The van der Waals surface area contributed by atoms with Crippen LogP contribution in [0.3, 0.4) is 0 Å². The van der Waals surface area contributed by atoms with E-state index in [4.69, 9.17) is 4.74 Å². The molecule has 0 bridgehead atoms. The van der Waals surface area contributed by atoms with E-state index in [0.29, 0.717) is 5.70 Å². The molecule has 0 aromatic carbocycles. The predicted molar refractivity (Wildman–Crippen MR) is 55.2 cm³/mol. The SMILES string of the molecule is CCOC(=O)C1=C(C)N(C)C(=O)[C@@H]1CC(=O)[O-]. The molecule has 6 heteroatoms. The van der Waals surface area contributed by atoms with Gasteiger partial charge in [0, 0.05) is 25.1 Å². The lowest BCUT2D eigenvalue weighted by molar-refractivity contribution is -0.306. The Balaban J connectivity index is 3.05. The molecule has 0 saturated carbocycles. The lowest BCUT2D eigenvalue weighted by Crippen LogP contribution is -2.32. The summed E-state index contributed by atoms with van der Waals surface area (Å²) in [5, 5.41) is 10.6. The van der Waals surface area contributed by atoms with E-state index in [9.17, 15) is 19.5 Å². The van der Waals surface area contributed by atoms with Crippen molar-refractivity contribution in [2.24, 2.45) is 5.92 Å². The maximum absolute atomic E-state index is 11.8. The first-order chi connectivity index (χ1) is 7.90. The molecule has 0 N–H and O–H groups in total. The molecule has 6 nitrogen and oxygen atoms in total. The van der Waals surface area contributed by atoms with Crippen molar-refractivity contribution in [3.05, 3.63) is 11.3 Å². The minimum absolute atomic E-state index is 0.114. The van der Waals surface area contributed by atoms with Crippen LogP contribution in [-0.2, 0) is 19.1 Å². The summed E-state index contributed by atoms with van der Waals surface area (Å²) in [5.41, 5.74) is 0.545. The molecule has 1 atom stereocenters. The number of carbonyl (C=O) groups is 3. The van der Waals surface area contributed by atoms with Crippen LogP contribution < -0.4 is 5.11 Å². The number of nitrogens with zero attached hydrogens (tertiary/aromatic N) is 1. The minimum atomic E-state index is -1.37. The summed E-state index contributed by atoms with van der Waals surface area (Å²) in [6, 6.07) is 0. The highest BCUT2D eigenvalue weighted by Gasteiger charge is 2.39. The normalized spacial score (nSPS) is 19.8. The molecule has 1 amide bonds. The fourth-order valence-corrected chi connectivity index (χ4v) is 1.81. The van der Waals surface area contributed by atoms with E-state index >= 15 is 0 Å². The van der Waals surface area contributed by atoms with E-state index in [2.05, 4.69) is 0 Å². The Bertz CT molecular complexity index is 399. The summed E-state index contributed by atoms with van der Waals surface area (Å²) in [7, 11) is 1.49. The van der Waals surface area contributed by atoms with Crippen LogP contribution in [0, 0.1) is 5.92 Å². The summed E-state index contributed by atoms with van der Waals surface area (Å²) in [5.74, 6) is -3.43. The zero-order valence-corrected chi connectivity index (χ0v) is 9.98. The molecule has 17 heavy (non-hydrogen) atoms. The molecular weight excluding hydrogens is 226 g/mol. The number of ether oxygens (including phenoxy) is 1. The largest absolute Gasteiger partial charge is 0.550 e. The fraction of sp³-hybridized carbons (Fsp3) is 0.545. The molecule has 0 spiro atoms. The van der Waals surface area contributed by atoms with Crippen LogP contribution in [0.4, 0.5) is 0 Å². The highest BCUT2D eigenvalue weighted by molar-refractivity contribution is 6.03. The van der Waals surface area contributed by atoms with Gasteiger partial charge in [0.15, 0.2) is 0 Å². The zero-order valence-electron chi connectivity index (χ0n) is 9.98. The lowest BCUT2D eigenvalue weighted by atomic mass is 9.97. The Kier molecular flexibility index (Phi) is 3.88. The molecule has 0 unspecified atom stereocenters. The highest BCUT2D eigenvalue weighted by atomic mass is 16.5. The number of esters is 1. The third-order valence-corrected chi connectivity index (χ3v) is 2.74. The second-order valence-electron chi connectivity index (χ2n) is 3.75. The molecule has 0 aromatic rings. The maximum Gasteiger partial charge on any atom is 0.336 e. The molecule has 1 aliphatic heterocycles. The average molecular weight is 240 g/mol. The topological polar surface area (TPSA) is 86.7 Å². The predicted octanol–water partition coefficient (Wildman–Crippen LogP) is -0.948. The van der Waals surface area contributed by atoms with Gasteiger partial charge in [0.05, 0.1) is 18.1 Å². The van der Waals surface area contributed by atoms with Crippen molar-refractivity contribution in [2.45, 2.75) is 20.3 Å². The van der Waals surface area contributed by atoms with Crippen LogP contribution in [0.1, 0.15) is 20.3 Å². The average Bonchev–Trinajstić information content (AvgIpc) is 2.43. The number of hydrogen-bond acceptors (Lipinski definition) is 5. The van der Waals surface area contributed by atoms with Crippen LogP contribution in [0.5, 0.6) is 0 Å². The smallest absolute Gasteiger partial charge is 0.336 e. The highest BCUT2D eigenvalue weighted by Crippen LogP contribution is 2.31. The number of allylic oxidation sites excluding steroid dienone is 1. The van der Waals surface area contributed by atoms with Gasteiger partial charge in [-0.2, -0.15) is 0 Å². The Morgan fingerprint density at radius 3 is 2.53 bits per heavy atom.